The van der Waals surface area contributed by atoms with Gasteiger partial charge in [-0.25, -0.2) is 21.2 Å². The number of benzene rings is 2. The van der Waals surface area contributed by atoms with Crippen molar-refractivity contribution in [3.63, 3.8) is 0 Å². The number of rotatable bonds is 5. The van der Waals surface area contributed by atoms with Gasteiger partial charge in [-0.1, -0.05) is 12.1 Å². The van der Waals surface area contributed by atoms with Gasteiger partial charge in [0.25, 0.3) is 5.91 Å². The summed E-state index contributed by atoms with van der Waals surface area (Å²) >= 11 is 0. The number of anilines is 1. The van der Waals surface area contributed by atoms with Crippen LogP contribution in [0.25, 0.3) is 0 Å². The summed E-state index contributed by atoms with van der Waals surface area (Å²) in [4.78, 5) is 12.2. The fraction of sp³-hybridized carbons (Fsp3) is 0.278. The first-order valence-corrected chi connectivity index (χ1v) is 11.7. The van der Waals surface area contributed by atoms with E-state index in [9.17, 15) is 26.0 Å². The third kappa shape index (κ3) is 4.02. The topological polar surface area (TPSA) is 107 Å². The van der Waals surface area contributed by atoms with Gasteiger partial charge in [0.2, 0.25) is 0 Å². The van der Waals surface area contributed by atoms with Crippen molar-refractivity contribution in [2.45, 2.75) is 16.6 Å². The summed E-state index contributed by atoms with van der Waals surface area (Å²) in [5.74, 6) is -2.08. The molecule has 0 bridgehead atoms. The second kappa shape index (κ2) is 7.51. The average Bonchev–Trinajstić information content (AvgIpc) is 3.03. The van der Waals surface area contributed by atoms with Gasteiger partial charge in [0, 0.05) is 0 Å². The van der Waals surface area contributed by atoms with Crippen LogP contribution in [-0.2, 0) is 19.7 Å². The molecule has 0 aromatic heterocycles. The van der Waals surface area contributed by atoms with Crippen LogP contribution in [0.15, 0.2) is 47.4 Å². The Balaban J connectivity index is 1.92. The molecule has 7 nitrogen and oxygen atoms in total. The molecule has 1 unspecified atom stereocenters. The Labute approximate surface area is 162 Å². The van der Waals surface area contributed by atoms with Gasteiger partial charge in [-0.05, 0) is 36.8 Å². The van der Waals surface area contributed by atoms with Crippen LogP contribution < -0.4 is 10.1 Å². The Morgan fingerprint density at radius 1 is 1.21 bits per heavy atom. The summed E-state index contributed by atoms with van der Waals surface area (Å²) in [6, 6.07) is 9.35. The molecule has 0 saturated carbocycles. The van der Waals surface area contributed by atoms with Crippen LogP contribution >= 0.6 is 0 Å². The van der Waals surface area contributed by atoms with Crippen LogP contribution in [0, 0.1) is 5.82 Å². The smallest absolute Gasteiger partial charge is 0.258 e. The number of sulfone groups is 2. The van der Waals surface area contributed by atoms with E-state index in [4.69, 9.17) is 4.74 Å². The number of ether oxygens (including phenoxy) is 1. The van der Waals surface area contributed by atoms with Crippen molar-refractivity contribution >= 4 is 31.3 Å². The molecular weight excluding hydrogens is 409 g/mol. The highest BCUT2D eigenvalue weighted by molar-refractivity contribution is 7.96. The lowest BCUT2D eigenvalue weighted by Gasteiger charge is -2.13. The SMILES string of the molecule is COc1ccccc1NC(=O)c1cc(S(=O)(=O)C2CCS(=O)(=O)C2)ccc1F. The lowest BCUT2D eigenvalue weighted by Crippen LogP contribution is -2.23. The minimum atomic E-state index is -4.02. The summed E-state index contributed by atoms with van der Waals surface area (Å²) in [5.41, 5.74) is -0.169. The quantitative estimate of drug-likeness (QED) is 0.732. The van der Waals surface area contributed by atoms with Gasteiger partial charge in [0.1, 0.15) is 11.6 Å². The molecule has 1 atom stereocenters. The van der Waals surface area contributed by atoms with Gasteiger partial charge in [-0.3, -0.25) is 4.79 Å². The van der Waals surface area contributed by atoms with E-state index < -0.39 is 48.0 Å². The third-order valence-electron chi connectivity index (χ3n) is 4.50. The van der Waals surface area contributed by atoms with Crippen molar-refractivity contribution in [1.29, 1.82) is 0 Å². The maximum absolute atomic E-state index is 14.2. The fourth-order valence-corrected chi connectivity index (χ4v) is 7.38. The van der Waals surface area contributed by atoms with Gasteiger partial charge in [0.05, 0.1) is 40.0 Å². The molecule has 1 N–H and O–H groups in total. The van der Waals surface area contributed by atoms with Crippen molar-refractivity contribution in [3.05, 3.63) is 53.8 Å². The molecule has 0 spiro atoms. The zero-order valence-electron chi connectivity index (χ0n) is 14.9. The molecule has 150 valence electrons. The molecular formula is C18H18FNO6S2. The summed E-state index contributed by atoms with van der Waals surface area (Å²) in [5, 5.41) is 1.38. The number of hydrogen-bond donors (Lipinski definition) is 1. The molecule has 3 rings (SSSR count). The predicted octanol–water partition coefficient (Wildman–Crippen LogP) is 2.05. The molecule has 10 heteroatoms. The van der Waals surface area contributed by atoms with Gasteiger partial charge in [-0.2, -0.15) is 0 Å². The Morgan fingerprint density at radius 3 is 2.57 bits per heavy atom. The largest absolute Gasteiger partial charge is 0.495 e. The van der Waals surface area contributed by atoms with Crippen LogP contribution in [0.5, 0.6) is 5.75 Å². The molecule has 0 aliphatic carbocycles. The summed E-state index contributed by atoms with van der Waals surface area (Å²) in [6.45, 7) is 0. The normalized spacial score (nSPS) is 18.6. The van der Waals surface area contributed by atoms with Crippen molar-refractivity contribution in [2.75, 3.05) is 23.9 Å². The average molecular weight is 427 g/mol. The maximum Gasteiger partial charge on any atom is 0.258 e. The Bertz CT molecular complexity index is 1130. The Kier molecular flexibility index (Phi) is 5.44. The lowest BCUT2D eigenvalue weighted by molar-refractivity contribution is 0.102. The van der Waals surface area contributed by atoms with E-state index in [2.05, 4.69) is 5.32 Å². The summed E-state index contributed by atoms with van der Waals surface area (Å²) in [6.07, 6.45) is -0.0230. The molecule has 2 aromatic rings. The predicted molar refractivity (Wildman–Crippen MR) is 102 cm³/mol. The van der Waals surface area contributed by atoms with E-state index in [1.165, 1.54) is 7.11 Å². The first-order chi connectivity index (χ1) is 13.1. The van der Waals surface area contributed by atoms with E-state index in [1.807, 2.05) is 0 Å². The number of halogens is 1. The number of nitrogens with one attached hydrogen (secondary N) is 1. The molecule has 1 saturated heterocycles. The number of carbonyl (C=O) groups is 1. The second-order valence-electron chi connectivity index (χ2n) is 6.37. The van der Waals surface area contributed by atoms with Crippen molar-refractivity contribution in [2.24, 2.45) is 0 Å². The standard InChI is InChI=1S/C18H18FNO6S2/c1-26-17-5-3-2-4-16(17)20-18(21)14-10-12(6-7-15(14)19)28(24,25)13-8-9-27(22,23)11-13/h2-7,10,13H,8-9,11H2,1H3,(H,20,21). The summed E-state index contributed by atoms with van der Waals surface area (Å²) < 4.78 is 68.0. The number of methoxy groups -OCH3 is 1. The van der Waals surface area contributed by atoms with Crippen molar-refractivity contribution in [3.8, 4) is 5.75 Å². The monoisotopic (exact) mass is 427 g/mol. The highest BCUT2D eigenvalue weighted by Crippen LogP contribution is 2.28. The molecule has 1 fully saturated rings. The van der Waals surface area contributed by atoms with Crippen LogP contribution in [0.1, 0.15) is 16.8 Å². The van der Waals surface area contributed by atoms with E-state index in [-0.39, 0.29) is 17.1 Å². The highest BCUT2D eigenvalue weighted by atomic mass is 32.2. The number of para-hydroxylation sites is 2. The van der Waals surface area contributed by atoms with E-state index >= 15 is 0 Å². The molecule has 28 heavy (non-hydrogen) atoms. The van der Waals surface area contributed by atoms with Crippen LogP contribution in [0.3, 0.4) is 0 Å². The first kappa shape index (κ1) is 20.3. The van der Waals surface area contributed by atoms with E-state index in [0.29, 0.717) is 11.4 Å². The fourth-order valence-electron chi connectivity index (χ4n) is 2.99. The van der Waals surface area contributed by atoms with Gasteiger partial charge in [0.15, 0.2) is 19.7 Å². The Morgan fingerprint density at radius 2 is 1.93 bits per heavy atom. The molecule has 1 heterocycles. The molecule has 1 aliphatic rings. The van der Waals surface area contributed by atoms with Crippen molar-refractivity contribution in [1.82, 2.24) is 0 Å². The van der Waals surface area contributed by atoms with Gasteiger partial charge >= 0.3 is 0 Å². The number of amides is 1. The third-order valence-corrected chi connectivity index (χ3v) is 8.67. The van der Waals surface area contributed by atoms with Gasteiger partial charge < -0.3 is 10.1 Å². The molecule has 0 radical (unpaired) electrons. The number of hydrogen-bond acceptors (Lipinski definition) is 6. The lowest BCUT2D eigenvalue weighted by atomic mass is 10.2. The first-order valence-electron chi connectivity index (χ1n) is 8.32. The molecule has 2 aromatic carbocycles. The zero-order chi connectivity index (χ0) is 20.5. The Hall–Kier alpha value is -2.46. The van der Waals surface area contributed by atoms with Gasteiger partial charge in [-0.15, -0.1) is 0 Å². The van der Waals surface area contributed by atoms with Crippen LogP contribution in [-0.4, -0.2) is 46.6 Å². The minimum Gasteiger partial charge on any atom is -0.495 e. The van der Waals surface area contributed by atoms with Crippen LogP contribution in [0.4, 0.5) is 10.1 Å². The molecule has 1 amide bonds. The summed E-state index contributed by atoms with van der Waals surface area (Å²) in [7, 11) is -6.02. The van der Waals surface area contributed by atoms with E-state index in [1.54, 1.807) is 24.3 Å². The molecule has 1 aliphatic heterocycles. The van der Waals surface area contributed by atoms with Crippen molar-refractivity contribution < 1.29 is 30.8 Å². The maximum atomic E-state index is 14.2. The van der Waals surface area contributed by atoms with Crippen LogP contribution in [0.2, 0.25) is 0 Å². The number of carbonyl (C=O) groups excluding carboxylic acids is 1. The minimum absolute atomic E-state index is 0.0230. The zero-order valence-corrected chi connectivity index (χ0v) is 16.5. The van der Waals surface area contributed by atoms with E-state index in [0.717, 1.165) is 18.2 Å². The second-order valence-corrected chi connectivity index (χ2v) is 10.8. The highest BCUT2D eigenvalue weighted by Gasteiger charge is 2.38.